The van der Waals surface area contributed by atoms with Crippen LogP contribution < -0.4 is 5.32 Å². The van der Waals surface area contributed by atoms with Crippen molar-refractivity contribution >= 4 is 27.5 Å². The van der Waals surface area contributed by atoms with E-state index in [1.54, 1.807) is 12.1 Å². The molecule has 1 unspecified atom stereocenters. The molecule has 0 aliphatic rings. The molecule has 2 aromatic carbocycles. The van der Waals surface area contributed by atoms with Crippen molar-refractivity contribution in [2.24, 2.45) is 0 Å². The zero-order valence-electron chi connectivity index (χ0n) is 12.3. The molecule has 0 saturated carbocycles. The van der Waals surface area contributed by atoms with E-state index in [1.165, 1.54) is 6.07 Å². The molecule has 21 heavy (non-hydrogen) atoms. The van der Waals surface area contributed by atoms with Crippen molar-refractivity contribution in [2.45, 2.75) is 26.8 Å². The maximum atomic E-state index is 14.2. The fraction of sp³-hybridized carbons (Fsp3) is 0.294. The molecule has 0 amide bonds. The van der Waals surface area contributed by atoms with Crippen LogP contribution in [-0.4, -0.2) is 6.54 Å². The van der Waals surface area contributed by atoms with E-state index in [2.05, 4.69) is 33.4 Å². The molecule has 1 atom stereocenters. The molecule has 112 valence electrons. The Morgan fingerprint density at radius 2 is 1.86 bits per heavy atom. The van der Waals surface area contributed by atoms with Crippen molar-refractivity contribution in [1.29, 1.82) is 0 Å². The molecule has 0 spiro atoms. The molecule has 2 rings (SSSR count). The second-order valence-electron chi connectivity index (χ2n) is 5.11. The summed E-state index contributed by atoms with van der Waals surface area (Å²) in [6.45, 7) is 6.82. The molecule has 1 N–H and O–H groups in total. The van der Waals surface area contributed by atoms with Crippen LogP contribution in [0.25, 0.3) is 0 Å². The Bertz CT molecular complexity index is 657. The van der Waals surface area contributed by atoms with Crippen molar-refractivity contribution in [3.63, 3.8) is 0 Å². The van der Waals surface area contributed by atoms with Gasteiger partial charge in [0, 0.05) is 15.1 Å². The van der Waals surface area contributed by atoms with E-state index in [0.29, 0.717) is 10.6 Å². The lowest BCUT2D eigenvalue weighted by molar-refractivity contribution is 0.557. The lowest BCUT2D eigenvalue weighted by Gasteiger charge is -2.22. The molecule has 4 heteroatoms. The average Bonchev–Trinajstić information content (AvgIpc) is 2.43. The van der Waals surface area contributed by atoms with E-state index in [4.69, 9.17) is 11.6 Å². The van der Waals surface area contributed by atoms with Crippen LogP contribution in [0.3, 0.4) is 0 Å². The third-order valence-electron chi connectivity index (χ3n) is 3.54. The van der Waals surface area contributed by atoms with Crippen LogP contribution in [0.5, 0.6) is 0 Å². The number of halogens is 3. The molecule has 0 radical (unpaired) electrons. The van der Waals surface area contributed by atoms with Crippen LogP contribution in [0.4, 0.5) is 4.39 Å². The Hall–Kier alpha value is -0.900. The summed E-state index contributed by atoms with van der Waals surface area (Å²) in [5, 5.41) is 3.90. The maximum Gasteiger partial charge on any atom is 0.128 e. The van der Waals surface area contributed by atoms with Gasteiger partial charge in [-0.15, -0.1) is 0 Å². The second-order valence-corrected chi connectivity index (χ2v) is 6.41. The van der Waals surface area contributed by atoms with Gasteiger partial charge in [0.05, 0.1) is 6.04 Å². The summed E-state index contributed by atoms with van der Waals surface area (Å²) < 4.78 is 15.3. The summed E-state index contributed by atoms with van der Waals surface area (Å²) >= 11 is 9.58. The van der Waals surface area contributed by atoms with Gasteiger partial charge in [-0.1, -0.05) is 40.5 Å². The number of nitrogens with one attached hydrogen (secondary N) is 1. The maximum absolute atomic E-state index is 14.2. The van der Waals surface area contributed by atoms with Crippen LogP contribution in [0, 0.1) is 19.7 Å². The van der Waals surface area contributed by atoms with Crippen LogP contribution in [0.2, 0.25) is 5.02 Å². The van der Waals surface area contributed by atoms with Crippen LogP contribution in [-0.2, 0) is 0 Å². The summed E-state index contributed by atoms with van der Waals surface area (Å²) in [6, 6.07) is 8.64. The van der Waals surface area contributed by atoms with Gasteiger partial charge in [0.1, 0.15) is 5.82 Å². The molecule has 0 aromatic heterocycles. The van der Waals surface area contributed by atoms with Gasteiger partial charge in [0.25, 0.3) is 0 Å². The van der Waals surface area contributed by atoms with Gasteiger partial charge in [-0.3, -0.25) is 0 Å². The molecule has 1 nitrogen and oxygen atoms in total. The Labute approximate surface area is 138 Å². The number of hydrogen-bond donors (Lipinski definition) is 1. The topological polar surface area (TPSA) is 12.0 Å². The zero-order chi connectivity index (χ0) is 15.6. The Kier molecular flexibility index (Phi) is 5.42. The lowest BCUT2D eigenvalue weighted by Crippen LogP contribution is -2.24. The number of benzene rings is 2. The molecule has 0 bridgehead atoms. The summed E-state index contributed by atoms with van der Waals surface area (Å²) in [7, 11) is 0. The first-order valence-corrected chi connectivity index (χ1v) is 8.06. The first kappa shape index (κ1) is 16.5. The van der Waals surface area contributed by atoms with Gasteiger partial charge in [0.15, 0.2) is 0 Å². The average molecular weight is 371 g/mol. The van der Waals surface area contributed by atoms with Crippen LogP contribution in [0.1, 0.15) is 35.2 Å². The summed E-state index contributed by atoms with van der Waals surface area (Å²) in [4.78, 5) is 0. The van der Waals surface area contributed by atoms with Crippen molar-refractivity contribution in [3.05, 3.63) is 67.9 Å². The van der Waals surface area contributed by atoms with E-state index in [9.17, 15) is 4.39 Å². The van der Waals surface area contributed by atoms with E-state index in [0.717, 1.165) is 27.7 Å². The molecule has 0 aliphatic heterocycles. The Morgan fingerprint density at radius 3 is 2.52 bits per heavy atom. The largest absolute Gasteiger partial charge is 0.306 e. The first-order valence-electron chi connectivity index (χ1n) is 6.89. The highest BCUT2D eigenvalue weighted by Gasteiger charge is 2.20. The predicted octanol–water partition coefficient (Wildman–Crippen LogP) is 5.56. The summed E-state index contributed by atoms with van der Waals surface area (Å²) in [6.07, 6.45) is 0. The SMILES string of the molecule is CCNC(c1cc(C)c(Br)cc1C)c1cc(Cl)ccc1F. The van der Waals surface area contributed by atoms with Crippen LogP contribution in [0.15, 0.2) is 34.8 Å². The summed E-state index contributed by atoms with van der Waals surface area (Å²) in [5.41, 5.74) is 3.88. The highest BCUT2D eigenvalue weighted by atomic mass is 79.9. The molecular weight excluding hydrogens is 353 g/mol. The predicted molar refractivity (Wildman–Crippen MR) is 90.5 cm³/mol. The standard InChI is InChI=1S/C17H18BrClFN/c1-4-21-17(14-9-12(19)5-6-16(14)20)13-7-11(3)15(18)8-10(13)2/h5-9,17,21H,4H2,1-3H3. The molecule has 0 saturated heterocycles. The van der Waals surface area contributed by atoms with Gasteiger partial charge in [-0.05, 0) is 61.3 Å². The van der Waals surface area contributed by atoms with Gasteiger partial charge in [-0.2, -0.15) is 0 Å². The number of aryl methyl sites for hydroxylation is 2. The van der Waals surface area contributed by atoms with Crippen molar-refractivity contribution < 1.29 is 4.39 Å². The molecule has 2 aromatic rings. The van der Waals surface area contributed by atoms with Gasteiger partial charge < -0.3 is 5.32 Å². The minimum atomic E-state index is -0.245. The zero-order valence-corrected chi connectivity index (χ0v) is 14.6. The molecular formula is C17H18BrClFN. The lowest BCUT2D eigenvalue weighted by atomic mass is 9.93. The summed E-state index contributed by atoms with van der Waals surface area (Å²) in [5.74, 6) is -0.245. The van der Waals surface area contributed by atoms with Gasteiger partial charge in [-0.25, -0.2) is 4.39 Å². The minimum Gasteiger partial charge on any atom is -0.306 e. The fourth-order valence-corrected chi connectivity index (χ4v) is 3.08. The Morgan fingerprint density at radius 1 is 1.14 bits per heavy atom. The monoisotopic (exact) mass is 369 g/mol. The Balaban J connectivity index is 2.58. The van der Waals surface area contributed by atoms with Crippen molar-refractivity contribution in [2.75, 3.05) is 6.54 Å². The smallest absolute Gasteiger partial charge is 0.128 e. The highest BCUT2D eigenvalue weighted by molar-refractivity contribution is 9.10. The third-order valence-corrected chi connectivity index (χ3v) is 4.63. The third kappa shape index (κ3) is 3.65. The number of rotatable bonds is 4. The molecule has 0 fully saturated rings. The quantitative estimate of drug-likeness (QED) is 0.743. The van der Waals surface area contributed by atoms with E-state index in [-0.39, 0.29) is 11.9 Å². The second kappa shape index (κ2) is 6.91. The van der Waals surface area contributed by atoms with Crippen LogP contribution >= 0.6 is 27.5 Å². The van der Waals surface area contributed by atoms with Gasteiger partial charge >= 0.3 is 0 Å². The highest BCUT2D eigenvalue weighted by Crippen LogP contribution is 2.31. The molecule has 0 aliphatic carbocycles. The van der Waals surface area contributed by atoms with E-state index < -0.39 is 0 Å². The van der Waals surface area contributed by atoms with Crippen molar-refractivity contribution in [3.8, 4) is 0 Å². The van der Waals surface area contributed by atoms with E-state index >= 15 is 0 Å². The van der Waals surface area contributed by atoms with E-state index in [1.807, 2.05) is 20.8 Å². The molecule has 0 heterocycles. The van der Waals surface area contributed by atoms with Gasteiger partial charge in [0.2, 0.25) is 0 Å². The fourth-order valence-electron chi connectivity index (χ4n) is 2.44. The number of hydrogen-bond acceptors (Lipinski definition) is 1. The minimum absolute atomic E-state index is 0.208. The normalized spacial score (nSPS) is 12.5. The first-order chi connectivity index (χ1) is 9.93. The van der Waals surface area contributed by atoms with Crippen molar-refractivity contribution in [1.82, 2.24) is 5.32 Å².